The first-order chi connectivity index (χ1) is 10.9. The van der Waals surface area contributed by atoms with Crippen molar-refractivity contribution >= 4 is 17.3 Å². The van der Waals surface area contributed by atoms with Gasteiger partial charge in [0.25, 0.3) is 0 Å². The van der Waals surface area contributed by atoms with E-state index in [1.54, 1.807) is 33.3 Å². The second-order valence-electron chi connectivity index (χ2n) is 5.89. The van der Waals surface area contributed by atoms with Crippen LogP contribution in [0.4, 0.5) is 5.82 Å². The van der Waals surface area contributed by atoms with E-state index in [9.17, 15) is 4.79 Å². The lowest BCUT2D eigenvalue weighted by atomic mass is 9.91. The maximum Gasteiger partial charge on any atom is 0.230 e. The highest BCUT2D eigenvalue weighted by atomic mass is 16.7. The standard InChI is InChI=1S/C17H18N4O2/c1-10-11(13-8-20-14(18-4)9-19-13)6-5-7-12(10)15-16(22)17(2,3)23-21-15/h5-9H,1-4H3,(H,18,20). The molecule has 1 aromatic heterocycles. The summed E-state index contributed by atoms with van der Waals surface area (Å²) >= 11 is 0. The van der Waals surface area contributed by atoms with Crippen molar-refractivity contribution < 1.29 is 9.63 Å². The molecule has 0 unspecified atom stereocenters. The van der Waals surface area contributed by atoms with Crippen LogP contribution >= 0.6 is 0 Å². The Morgan fingerprint density at radius 3 is 2.43 bits per heavy atom. The minimum absolute atomic E-state index is 0.116. The first-order valence-corrected chi connectivity index (χ1v) is 7.35. The summed E-state index contributed by atoms with van der Waals surface area (Å²) in [4.78, 5) is 26.4. The molecule has 3 rings (SSSR count). The van der Waals surface area contributed by atoms with E-state index in [0.717, 1.165) is 22.4 Å². The molecular weight excluding hydrogens is 292 g/mol. The van der Waals surface area contributed by atoms with Crippen LogP contribution in [0.3, 0.4) is 0 Å². The van der Waals surface area contributed by atoms with Gasteiger partial charge in [-0.05, 0) is 26.3 Å². The number of nitrogens with zero attached hydrogens (tertiary/aromatic N) is 3. The third-order valence-corrected chi connectivity index (χ3v) is 3.90. The lowest BCUT2D eigenvalue weighted by molar-refractivity contribution is -0.128. The SMILES string of the molecule is CNc1cnc(-c2cccc(C3=NOC(C)(C)C3=O)c2C)cn1. The summed E-state index contributed by atoms with van der Waals surface area (Å²) in [6.45, 7) is 5.37. The van der Waals surface area contributed by atoms with Gasteiger partial charge in [0.05, 0.1) is 18.1 Å². The molecule has 0 spiro atoms. The van der Waals surface area contributed by atoms with E-state index in [1.165, 1.54) is 0 Å². The Labute approximate surface area is 134 Å². The van der Waals surface area contributed by atoms with Crippen LogP contribution in [0.1, 0.15) is 25.0 Å². The summed E-state index contributed by atoms with van der Waals surface area (Å²) in [6, 6.07) is 5.70. The minimum Gasteiger partial charge on any atom is -0.381 e. The van der Waals surface area contributed by atoms with Gasteiger partial charge >= 0.3 is 0 Å². The normalized spacial score (nSPS) is 16.0. The maximum absolute atomic E-state index is 12.4. The zero-order valence-electron chi connectivity index (χ0n) is 13.5. The van der Waals surface area contributed by atoms with Gasteiger partial charge in [0, 0.05) is 18.2 Å². The van der Waals surface area contributed by atoms with Crippen LogP contribution in [0.25, 0.3) is 11.3 Å². The summed E-state index contributed by atoms with van der Waals surface area (Å²) in [5.41, 5.74) is 2.79. The van der Waals surface area contributed by atoms with Crippen molar-refractivity contribution in [1.29, 1.82) is 0 Å². The predicted molar refractivity (Wildman–Crippen MR) is 88.5 cm³/mol. The van der Waals surface area contributed by atoms with Crippen LogP contribution < -0.4 is 5.32 Å². The zero-order chi connectivity index (χ0) is 16.6. The molecule has 2 aromatic rings. The fourth-order valence-electron chi connectivity index (χ4n) is 2.47. The number of carbonyl (C=O) groups excluding carboxylic acids is 1. The predicted octanol–water partition coefficient (Wildman–Crippen LogP) is 2.58. The summed E-state index contributed by atoms with van der Waals surface area (Å²) in [6.07, 6.45) is 3.38. The summed E-state index contributed by atoms with van der Waals surface area (Å²) in [5, 5.41) is 6.92. The Balaban J connectivity index is 2.04. The van der Waals surface area contributed by atoms with Gasteiger partial charge < -0.3 is 10.2 Å². The first kappa shape index (κ1) is 15.1. The molecule has 118 valence electrons. The van der Waals surface area contributed by atoms with E-state index < -0.39 is 5.60 Å². The Morgan fingerprint density at radius 1 is 1.13 bits per heavy atom. The molecule has 0 saturated heterocycles. The Hall–Kier alpha value is -2.76. The number of anilines is 1. The molecule has 2 heterocycles. The van der Waals surface area contributed by atoms with Gasteiger partial charge in [-0.15, -0.1) is 0 Å². The highest BCUT2D eigenvalue weighted by Gasteiger charge is 2.40. The first-order valence-electron chi connectivity index (χ1n) is 7.35. The summed E-state index contributed by atoms with van der Waals surface area (Å²) in [5.74, 6) is 0.586. The van der Waals surface area contributed by atoms with Crippen LogP contribution in [0.2, 0.25) is 0 Å². The molecule has 1 aliphatic heterocycles. The fourth-order valence-corrected chi connectivity index (χ4v) is 2.47. The van der Waals surface area contributed by atoms with Crippen molar-refractivity contribution in [2.75, 3.05) is 12.4 Å². The third kappa shape index (κ3) is 2.56. The summed E-state index contributed by atoms with van der Waals surface area (Å²) in [7, 11) is 1.79. The molecule has 6 heteroatoms. The molecule has 1 aliphatic rings. The molecule has 23 heavy (non-hydrogen) atoms. The molecule has 1 aromatic carbocycles. The molecule has 0 saturated carbocycles. The average Bonchev–Trinajstić information content (AvgIpc) is 2.82. The minimum atomic E-state index is -0.911. The molecule has 0 aliphatic carbocycles. The number of hydrogen-bond acceptors (Lipinski definition) is 6. The molecule has 0 radical (unpaired) electrons. The number of aromatic nitrogens is 2. The molecular formula is C17H18N4O2. The molecule has 1 N–H and O–H groups in total. The quantitative estimate of drug-likeness (QED) is 0.943. The topological polar surface area (TPSA) is 76.5 Å². The van der Waals surface area contributed by atoms with Crippen molar-refractivity contribution in [3.05, 3.63) is 41.7 Å². The largest absolute Gasteiger partial charge is 0.381 e. The van der Waals surface area contributed by atoms with E-state index in [-0.39, 0.29) is 5.78 Å². The van der Waals surface area contributed by atoms with Gasteiger partial charge in [0.2, 0.25) is 5.78 Å². The second-order valence-corrected chi connectivity index (χ2v) is 5.89. The number of carbonyl (C=O) groups is 1. The number of oxime groups is 1. The number of hydrogen-bond donors (Lipinski definition) is 1. The van der Waals surface area contributed by atoms with E-state index in [1.807, 2.05) is 25.1 Å². The van der Waals surface area contributed by atoms with E-state index in [2.05, 4.69) is 20.4 Å². The fraction of sp³-hybridized carbons (Fsp3) is 0.294. The van der Waals surface area contributed by atoms with Crippen LogP contribution in [0.5, 0.6) is 0 Å². The Kier molecular flexibility index (Phi) is 3.60. The second kappa shape index (κ2) is 5.46. The van der Waals surface area contributed by atoms with E-state index in [4.69, 9.17) is 4.84 Å². The van der Waals surface area contributed by atoms with Crippen LogP contribution in [-0.2, 0) is 9.63 Å². The lowest BCUT2D eigenvalue weighted by Gasteiger charge is -2.13. The maximum atomic E-state index is 12.4. The van der Waals surface area contributed by atoms with Crippen LogP contribution in [0, 0.1) is 6.92 Å². The van der Waals surface area contributed by atoms with Gasteiger partial charge in [0.15, 0.2) is 11.3 Å². The molecule has 6 nitrogen and oxygen atoms in total. The molecule has 0 bridgehead atoms. The number of nitrogens with one attached hydrogen (secondary N) is 1. The van der Waals surface area contributed by atoms with Crippen LogP contribution in [0.15, 0.2) is 35.7 Å². The van der Waals surface area contributed by atoms with Gasteiger partial charge in [0.1, 0.15) is 5.82 Å². The lowest BCUT2D eigenvalue weighted by Crippen LogP contribution is -2.33. The van der Waals surface area contributed by atoms with Gasteiger partial charge in [-0.2, -0.15) is 0 Å². The van der Waals surface area contributed by atoms with Crippen molar-refractivity contribution in [1.82, 2.24) is 9.97 Å². The van der Waals surface area contributed by atoms with E-state index >= 15 is 0 Å². The van der Waals surface area contributed by atoms with Crippen molar-refractivity contribution in [3.8, 4) is 11.3 Å². The molecule has 0 atom stereocenters. The Morgan fingerprint density at radius 2 is 1.87 bits per heavy atom. The smallest absolute Gasteiger partial charge is 0.230 e. The van der Waals surface area contributed by atoms with Gasteiger partial charge in [-0.1, -0.05) is 23.4 Å². The number of Topliss-reactive ketones (excluding diaryl/α,β-unsaturated/α-hetero) is 1. The number of ketones is 1. The molecule has 0 amide bonds. The highest BCUT2D eigenvalue weighted by molar-refractivity contribution is 6.49. The zero-order valence-corrected chi connectivity index (χ0v) is 13.5. The summed E-state index contributed by atoms with van der Waals surface area (Å²) < 4.78 is 0. The average molecular weight is 310 g/mol. The monoisotopic (exact) mass is 310 g/mol. The Bertz CT molecular complexity index is 795. The van der Waals surface area contributed by atoms with Gasteiger partial charge in [-0.3, -0.25) is 9.78 Å². The van der Waals surface area contributed by atoms with Gasteiger partial charge in [-0.25, -0.2) is 4.98 Å². The van der Waals surface area contributed by atoms with Crippen LogP contribution in [-0.4, -0.2) is 34.1 Å². The molecule has 0 fully saturated rings. The van der Waals surface area contributed by atoms with Crippen molar-refractivity contribution in [2.45, 2.75) is 26.4 Å². The van der Waals surface area contributed by atoms with Crippen molar-refractivity contribution in [3.63, 3.8) is 0 Å². The van der Waals surface area contributed by atoms with Crippen molar-refractivity contribution in [2.24, 2.45) is 5.16 Å². The number of rotatable bonds is 3. The van der Waals surface area contributed by atoms with E-state index in [0.29, 0.717) is 11.5 Å². The third-order valence-electron chi connectivity index (χ3n) is 3.90. The number of benzene rings is 1. The highest BCUT2D eigenvalue weighted by Crippen LogP contribution is 2.28.